The van der Waals surface area contributed by atoms with Gasteiger partial charge in [-0.25, -0.2) is 4.79 Å². The molecule has 0 radical (unpaired) electrons. The first kappa shape index (κ1) is 14.0. The molecule has 98 valence electrons. The van der Waals surface area contributed by atoms with Crippen molar-refractivity contribution >= 4 is 11.9 Å². The zero-order valence-electron chi connectivity index (χ0n) is 10.7. The normalized spacial score (nSPS) is 27.9. The molecule has 0 aromatic rings. The van der Waals surface area contributed by atoms with Crippen LogP contribution in [-0.2, 0) is 9.59 Å². The van der Waals surface area contributed by atoms with Gasteiger partial charge in [0.05, 0.1) is 6.04 Å². The maximum Gasteiger partial charge on any atom is 0.326 e. The zero-order valence-corrected chi connectivity index (χ0v) is 10.7. The molecule has 4 atom stereocenters. The van der Waals surface area contributed by atoms with Crippen molar-refractivity contribution in [2.75, 3.05) is 6.54 Å². The van der Waals surface area contributed by atoms with E-state index in [2.05, 4.69) is 0 Å². The molecule has 1 aliphatic rings. The van der Waals surface area contributed by atoms with Gasteiger partial charge in [0.15, 0.2) is 0 Å². The maximum absolute atomic E-state index is 12.1. The number of nitrogens with two attached hydrogens (primary N) is 1. The number of hydrogen-bond donors (Lipinski definition) is 2. The van der Waals surface area contributed by atoms with Crippen molar-refractivity contribution in [2.24, 2.45) is 17.6 Å². The van der Waals surface area contributed by atoms with Crippen molar-refractivity contribution in [1.29, 1.82) is 0 Å². The lowest BCUT2D eigenvalue weighted by Gasteiger charge is -2.28. The van der Waals surface area contributed by atoms with Crippen molar-refractivity contribution in [3.63, 3.8) is 0 Å². The first-order valence-electron chi connectivity index (χ1n) is 6.19. The van der Waals surface area contributed by atoms with Gasteiger partial charge in [0, 0.05) is 6.54 Å². The van der Waals surface area contributed by atoms with Crippen molar-refractivity contribution in [2.45, 2.75) is 45.7 Å². The van der Waals surface area contributed by atoms with Crippen LogP contribution in [0.3, 0.4) is 0 Å². The molecule has 1 fully saturated rings. The van der Waals surface area contributed by atoms with E-state index in [1.54, 1.807) is 0 Å². The van der Waals surface area contributed by atoms with Crippen LogP contribution in [0.2, 0.25) is 0 Å². The second-order valence-electron chi connectivity index (χ2n) is 4.99. The molecule has 1 saturated heterocycles. The molecule has 1 amide bonds. The Bertz CT molecular complexity index is 306. The second kappa shape index (κ2) is 5.49. The number of hydrogen-bond acceptors (Lipinski definition) is 3. The molecule has 5 heteroatoms. The monoisotopic (exact) mass is 242 g/mol. The van der Waals surface area contributed by atoms with Crippen LogP contribution >= 0.6 is 0 Å². The fourth-order valence-electron chi connectivity index (χ4n) is 2.26. The third kappa shape index (κ3) is 2.77. The molecular formula is C12H22N2O3. The van der Waals surface area contributed by atoms with E-state index < -0.39 is 18.1 Å². The Morgan fingerprint density at radius 1 is 1.53 bits per heavy atom. The average molecular weight is 242 g/mol. The number of carboxylic acids is 1. The topological polar surface area (TPSA) is 83.6 Å². The molecule has 5 nitrogen and oxygen atoms in total. The van der Waals surface area contributed by atoms with Crippen LogP contribution in [0.15, 0.2) is 0 Å². The van der Waals surface area contributed by atoms with E-state index in [9.17, 15) is 9.59 Å². The quantitative estimate of drug-likeness (QED) is 0.759. The van der Waals surface area contributed by atoms with E-state index in [4.69, 9.17) is 10.8 Å². The lowest BCUT2D eigenvalue weighted by atomic mass is 9.98. The molecule has 0 aromatic heterocycles. The zero-order chi connectivity index (χ0) is 13.2. The van der Waals surface area contributed by atoms with Crippen LogP contribution in [0.5, 0.6) is 0 Å². The summed E-state index contributed by atoms with van der Waals surface area (Å²) in [4.78, 5) is 24.7. The van der Waals surface area contributed by atoms with E-state index in [0.717, 1.165) is 12.8 Å². The van der Waals surface area contributed by atoms with Crippen LogP contribution in [0, 0.1) is 11.8 Å². The Balaban J connectivity index is 2.78. The molecule has 0 aliphatic carbocycles. The summed E-state index contributed by atoms with van der Waals surface area (Å²) >= 11 is 0. The first-order valence-corrected chi connectivity index (χ1v) is 6.19. The number of carbonyl (C=O) groups excluding carboxylic acids is 1. The minimum absolute atomic E-state index is 0.000539. The summed E-state index contributed by atoms with van der Waals surface area (Å²) in [5.41, 5.74) is 5.87. The number of rotatable bonds is 4. The van der Waals surface area contributed by atoms with Crippen LogP contribution in [0.4, 0.5) is 0 Å². The van der Waals surface area contributed by atoms with Gasteiger partial charge in [0.25, 0.3) is 0 Å². The fourth-order valence-corrected chi connectivity index (χ4v) is 2.26. The number of carbonyl (C=O) groups is 2. The highest BCUT2D eigenvalue weighted by molar-refractivity contribution is 5.87. The molecule has 4 unspecified atom stereocenters. The van der Waals surface area contributed by atoms with Crippen molar-refractivity contribution in [3.8, 4) is 0 Å². The van der Waals surface area contributed by atoms with Crippen LogP contribution in [0.1, 0.15) is 33.6 Å². The van der Waals surface area contributed by atoms with Crippen molar-refractivity contribution in [3.05, 3.63) is 0 Å². The maximum atomic E-state index is 12.1. The van der Waals surface area contributed by atoms with Crippen LogP contribution in [0.25, 0.3) is 0 Å². The molecule has 17 heavy (non-hydrogen) atoms. The third-order valence-corrected chi connectivity index (χ3v) is 3.78. The summed E-state index contributed by atoms with van der Waals surface area (Å²) in [7, 11) is 0. The van der Waals surface area contributed by atoms with Crippen LogP contribution < -0.4 is 5.73 Å². The number of carboxylic acid groups (broad SMARTS) is 1. The Kier molecular flexibility index (Phi) is 4.51. The van der Waals surface area contributed by atoms with Gasteiger partial charge in [0.1, 0.15) is 6.04 Å². The Hall–Kier alpha value is -1.10. The highest BCUT2D eigenvalue weighted by Gasteiger charge is 2.41. The molecule has 1 aliphatic heterocycles. The van der Waals surface area contributed by atoms with Crippen molar-refractivity contribution < 1.29 is 14.7 Å². The van der Waals surface area contributed by atoms with Gasteiger partial charge >= 0.3 is 5.97 Å². The number of amides is 1. The number of aliphatic carboxylic acids is 1. The van der Waals surface area contributed by atoms with E-state index in [1.165, 1.54) is 4.90 Å². The Labute approximate surface area is 102 Å². The van der Waals surface area contributed by atoms with Gasteiger partial charge < -0.3 is 15.7 Å². The molecule has 3 N–H and O–H groups in total. The van der Waals surface area contributed by atoms with E-state index in [1.807, 2.05) is 20.8 Å². The molecule has 0 bridgehead atoms. The summed E-state index contributed by atoms with van der Waals surface area (Å²) in [6.07, 6.45) is 1.55. The predicted molar refractivity (Wildman–Crippen MR) is 64.3 cm³/mol. The first-order chi connectivity index (χ1) is 7.90. The van der Waals surface area contributed by atoms with Crippen molar-refractivity contribution in [1.82, 2.24) is 4.90 Å². The summed E-state index contributed by atoms with van der Waals surface area (Å²) in [5.74, 6) is -1.08. The third-order valence-electron chi connectivity index (χ3n) is 3.78. The van der Waals surface area contributed by atoms with E-state index in [0.29, 0.717) is 6.54 Å². The largest absolute Gasteiger partial charge is 0.480 e. The van der Waals surface area contributed by atoms with Gasteiger partial charge in [-0.1, -0.05) is 27.2 Å². The smallest absolute Gasteiger partial charge is 0.326 e. The lowest BCUT2D eigenvalue weighted by molar-refractivity contribution is -0.150. The summed E-state index contributed by atoms with van der Waals surface area (Å²) in [6.45, 7) is 6.25. The SMILES string of the molecule is CCC(C)C(N)C(=O)N1CCC(C)C1C(=O)O. The second-order valence-corrected chi connectivity index (χ2v) is 4.99. The van der Waals surface area contributed by atoms with Crippen LogP contribution in [-0.4, -0.2) is 40.5 Å². The minimum Gasteiger partial charge on any atom is -0.480 e. The van der Waals surface area contributed by atoms with E-state index in [-0.39, 0.29) is 17.7 Å². The van der Waals surface area contributed by atoms with Gasteiger partial charge in [-0.2, -0.15) is 0 Å². The fraction of sp³-hybridized carbons (Fsp3) is 0.833. The highest BCUT2D eigenvalue weighted by atomic mass is 16.4. The molecular weight excluding hydrogens is 220 g/mol. The Morgan fingerprint density at radius 3 is 2.59 bits per heavy atom. The van der Waals surface area contributed by atoms with Gasteiger partial charge in [-0.05, 0) is 18.3 Å². The summed E-state index contributed by atoms with van der Waals surface area (Å²) in [5, 5.41) is 9.15. The summed E-state index contributed by atoms with van der Waals surface area (Å²) in [6, 6.07) is -1.30. The Morgan fingerprint density at radius 2 is 2.12 bits per heavy atom. The minimum atomic E-state index is -0.931. The molecule has 0 aromatic carbocycles. The van der Waals surface area contributed by atoms with Gasteiger partial charge in [-0.3, -0.25) is 4.79 Å². The van der Waals surface area contributed by atoms with E-state index >= 15 is 0 Å². The molecule has 0 spiro atoms. The molecule has 1 heterocycles. The van der Waals surface area contributed by atoms with Gasteiger partial charge in [-0.15, -0.1) is 0 Å². The van der Waals surface area contributed by atoms with Gasteiger partial charge in [0.2, 0.25) is 5.91 Å². The predicted octanol–water partition coefficient (Wildman–Crippen LogP) is 0.681. The molecule has 0 saturated carbocycles. The highest BCUT2D eigenvalue weighted by Crippen LogP contribution is 2.25. The molecule has 1 rings (SSSR count). The lowest BCUT2D eigenvalue weighted by Crippen LogP contribution is -2.51. The standard InChI is InChI=1S/C12H22N2O3/c1-4-7(2)9(13)11(15)14-6-5-8(3)10(14)12(16)17/h7-10H,4-6,13H2,1-3H3,(H,16,17). The summed E-state index contributed by atoms with van der Waals surface area (Å²) < 4.78 is 0. The number of likely N-dealkylation sites (tertiary alicyclic amines) is 1. The number of nitrogens with zero attached hydrogens (tertiary/aromatic N) is 1. The average Bonchev–Trinajstić information content (AvgIpc) is 2.68.